The fourth-order valence-electron chi connectivity index (χ4n) is 2.88. The first kappa shape index (κ1) is 27.3. The maximum absolute atomic E-state index is 13.2. The number of sulfonamides is 1. The summed E-state index contributed by atoms with van der Waals surface area (Å²) in [7, 11) is -0.210. The van der Waals surface area contributed by atoms with Gasteiger partial charge < -0.3 is 10.6 Å². The predicted molar refractivity (Wildman–Crippen MR) is 135 cm³/mol. The van der Waals surface area contributed by atoms with Gasteiger partial charge in [-0.1, -0.05) is 18.2 Å². The van der Waals surface area contributed by atoms with Crippen molar-refractivity contribution in [2.24, 2.45) is 4.99 Å². The summed E-state index contributed by atoms with van der Waals surface area (Å²) in [5, 5.41) is 6.45. The number of hydrogen-bond acceptors (Lipinski definition) is 3. The minimum Gasteiger partial charge on any atom is -0.356 e. The number of hydrogen-bond donors (Lipinski definition) is 2. The quantitative estimate of drug-likeness (QED) is 0.293. The van der Waals surface area contributed by atoms with E-state index < -0.39 is 10.0 Å². The molecular weight excluding hydrogens is 530 g/mol. The van der Waals surface area contributed by atoms with Crippen LogP contribution >= 0.6 is 24.0 Å². The molecule has 0 saturated carbocycles. The van der Waals surface area contributed by atoms with Crippen LogP contribution in [0, 0.1) is 12.7 Å². The maximum Gasteiger partial charge on any atom is 0.243 e. The molecule has 2 aromatic rings. The van der Waals surface area contributed by atoms with Gasteiger partial charge in [-0.25, -0.2) is 12.8 Å². The molecule has 0 spiro atoms. The van der Waals surface area contributed by atoms with E-state index in [0.29, 0.717) is 19.0 Å². The molecule has 172 valence electrons. The third-order valence-corrected chi connectivity index (χ3v) is 7.05. The highest BCUT2D eigenvalue weighted by Gasteiger charge is 2.22. The van der Waals surface area contributed by atoms with Gasteiger partial charge in [-0.15, -0.1) is 24.0 Å². The highest BCUT2D eigenvalue weighted by molar-refractivity contribution is 14.0. The molecule has 0 unspecified atom stereocenters. The average Bonchev–Trinajstić information content (AvgIpc) is 2.71. The molecule has 0 aliphatic rings. The van der Waals surface area contributed by atoms with E-state index in [2.05, 4.69) is 15.6 Å². The van der Waals surface area contributed by atoms with E-state index in [9.17, 15) is 12.8 Å². The van der Waals surface area contributed by atoms with Crippen LogP contribution in [0.25, 0.3) is 0 Å². The van der Waals surface area contributed by atoms with Gasteiger partial charge in [-0.05, 0) is 68.1 Å². The molecule has 6 nitrogen and oxygen atoms in total. The van der Waals surface area contributed by atoms with Crippen molar-refractivity contribution in [3.63, 3.8) is 0 Å². The lowest BCUT2D eigenvalue weighted by Gasteiger charge is -2.21. The summed E-state index contributed by atoms with van der Waals surface area (Å²) < 4.78 is 39.6. The Balaban J connectivity index is 0.00000480. The Bertz CT molecular complexity index is 980. The van der Waals surface area contributed by atoms with Gasteiger partial charge in [0.1, 0.15) is 5.82 Å². The van der Waals surface area contributed by atoms with E-state index in [4.69, 9.17) is 0 Å². The molecule has 9 heteroatoms. The van der Waals surface area contributed by atoms with Crippen LogP contribution in [0.15, 0.2) is 52.4 Å². The second-order valence-electron chi connectivity index (χ2n) is 7.43. The number of nitrogens with one attached hydrogen (secondary N) is 2. The first-order chi connectivity index (χ1) is 14.1. The van der Waals surface area contributed by atoms with Crippen LogP contribution in [-0.2, 0) is 23.0 Å². The first-order valence-corrected chi connectivity index (χ1v) is 11.4. The summed E-state index contributed by atoms with van der Waals surface area (Å²) in [5.41, 5.74) is 2.96. The summed E-state index contributed by atoms with van der Waals surface area (Å²) in [6.07, 6.45) is 0.753. The number of benzene rings is 2. The summed E-state index contributed by atoms with van der Waals surface area (Å²) in [6.45, 7) is 6.74. The summed E-state index contributed by atoms with van der Waals surface area (Å²) >= 11 is 0. The van der Waals surface area contributed by atoms with Crippen molar-refractivity contribution >= 4 is 40.0 Å². The van der Waals surface area contributed by atoms with Crippen molar-refractivity contribution < 1.29 is 12.8 Å². The summed E-state index contributed by atoms with van der Waals surface area (Å²) in [4.78, 5) is 4.48. The van der Waals surface area contributed by atoms with Gasteiger partial charge in [0.25, 0.3) is 0 Å². The Kier molecular flexibility index (Phi) is 10.9. The Morgan fingerprint density at radius 3 is 2.32 bits per heavy atom. The minimum atomic E-state index is -3.48. The molecule has 0 fully saturated rings. The summed E-state index contributed by atoms with van der Waals surface area (Å²) in [5.74, 6) is 0.419. The minimum absolute atomic E-state index is 0. The lowest BCUT2D eigenvalue weighted by atomic mass is 10.1. The highest BCUT2D eigenvalue weighted by atomic mass is 127. The second kappa shape index (κ2) is 12.4. The molecule has 0 atom stereocenters. The number of aryl methyl sites for hydroxylation is 1. The van der Waals surface area contributed by atoms with Crippen molar-refractivity contribution in [1.82, 2.24) is 14.9 Å². The van der Waals surface area contributed by atoms with E-state index in [1.54, 1.807) is 44.4 Å². The average molecular weight is 562 g/mol. The predicted octanol–water partition coefficient (Wildman–Crippen LogP) is 3.69. The molecule has 2 N–H and O–H groups in total. The molecule has 31 heavy (non-hydrogen) atoms. The van der Waals surface area contributed by atoms with Crippen LogP contribution in [0.3, 0.4) is 0 Å². The van der Waals surface area contributed by atoms with Crippen molar-refractivity contribution in [2.45, 2.75) is 44.7 Å². The molecule has 0 radical (unpaired) electrons. The SMILES string of the molecule is CN=C(NCCc1ccc(F)cc1C)NCc1ccc(S(=O)(=O)N(C)C(C)C)cc1.I. The molecular formula is C22H32FIN4O2S. The smallest absolute Gasteiger partial charge is 0.243 e. The van der Waals surface area contributed by atoms with Crippen LogP contribution < -0.4 is 10.6 Å². The van der Waals surface area contributed by atoms with Crippen LogP contribution in [0.4, 0.5) is 4.39 Å². The monoisotopic (exact) mass is 562 g/mol. The lowest BCUT2D eigenvalue weighted by molar-refractivity contribution is 0.410. The van der Waals surface area contributed by atoms with Gasteiger partial charge in [0.2, 0.25) is 10.0 Å². The van der Waals surface area contributed by atoms with Gasteiger partial charge in [0.15, 0.2) is 5.96 Å². The maximum atomic E-state index is 13.2. The van der Waals surface area contributed by atoms with Crippen molar-refractivity contribution in [3.8, 4) is 0 Å². The Hall–Kier alpha value is -1.72. The first-order valence-electron chi connectivity index (χ1n) is 9.91. The third kappa shape index (κ3) is 7.73. The van der Waals surface area contributed by atoms with E-state index in [1.165, 1.54) is 16.4 Å². The highest BCUT2D eigenvalue weighted by Crippen LogP contribution is 2.17. The zero-order valence-electron chi connectivity index (χ0n) is 18.6. The number of rotatable bonds is 8. The van der Waals surface area contributed by atoms with E-state index in [0.717, 1.165) is 23.1 Å². The number of aliphatic imine (C=N–C) groups is 1. The molecule has 2 rings (SSSR count). The van der Waals surface area contributed by atoms with Gasteiger partial charge in [-0.3, -0.25) is 4.99 Å². The second-order valence-corrected chi connectivity index (χ2v) is 9.43. The van der Waals surface area contributed by atoms with E-state index >= 15 is 0 Å². The third-order valence-electron chi connectivity index (χ3n) is 5.00. The molecule has 0 aromatic heterocycles. The Morgan fingerprint density at radius 1 is 1.13 bits per heavy atom. The molecule has 0 saturated heterocycles. The Morgan fingerprint density at radius 2 is 1.77 bits per heavy atom. The van der Waals surface area contributed by atoms with Crippen molar-refractivity contribution in [1.29, 1.82) is 0 Å². The molecule has 0 amide bonds. The normalized spacial score (nSPS) is 12.1. The van der Waals surface area contributed by atoms with Gasteiger partial charge in [0.05, 0.1) is 4.90 Å². The van der Waals surface area contributed by atoms with Crippen LogP contribution in [0.1, 0.15) is 30.5 Å². The largest absolute Gasteiger partial charge is 0.356 e. The Labute approximate surface area is 202 Å². The van der Waals surface area contributed by atoms with Crippen LogP contribution in [-0.4, -0.2) is 45.4 Å². The number of halogens is 2. The molecule has 0 bridgehead atoms. The van der Waals surface area contributed by atoms with Gasteiger partial charge in [0, 0.05) is 33.2 Å². The number of nitrogens with zero attached hydrogens (tertiary/aromatic N) is 2. The van der Waals surface area contributed by atoms with Gasteiger partial charge in [-0.2, -0.15) is 4.31 Å². The fraction of sp³-hybridized carbons (Fsp3) is 0.409. The van der Waals surface area contributed by atoms with Crippen LogP contribution in [0.2, 0.25) is 0 Å². The van der Waals surface area contributed by atoms with Gasteiger partial charge >= 0.3 is 0 Å². The van der Waals surface area contributed by atoms with Crippen molar-refractivity contribution in [3.05, 3.63) is 65.0 Å². The molecule has 0 aliphatic heterocycles. The zero-order chi connectivity index (χ0) is 22.3. The number of guanidine groups is 1. The topological polar surface area (TPSA) is 73.8 Å². The standard InChI is InChI=1S/C22H31FN4O2S.HI/c1-16(2)27(5)30(28,29)21-10-6-18(7-11-21)15-26-22(24-4)25-13-12-19-8-9-20(23)14-17(19)3;/h6-11,14,16H,12-13,15H2,1-5H3,(H2,24,25,26);1H. The molecule has 0 heterocycles. The molecule has 0 aliphatic carbocycles. The lowest BCUT2D eigenvalue weighted by Crippen LogP contribution is -2.38. The van der Waals surface area contributed by atoms with E-state index in [1.807, 2.05) is 20.8 Å². The fourth-order valence-corrected chi connectivity index (χ4v) is 4.25. The van der Waals surface area contributed by atoms with Crippen LogP contribution in [0.5, 0.6) is 0 Å². The van der Waals surface area contributed by atoms with Crippen molar-refractivity contribution in [2.75, 3.05) is 20.6 Å². The molecule has 2 aromatic carbocycles. The van der Waals surface area contributed by atoms with E-state index in [-0.39, 0.29) is 40.7 Å². The zero-order valence-corrected chi connectivity index (χ0v) is 21.8. The summed E-state index contributed by atoms with van der Waals surface area (Å²) in [6, 6.07) is 11.5.